The van der Waals surface area contributed by atoms with Crippen LogP contribution in [0.4, 0.5) is 0 Å². The molecule has 3 aromatic carbocycles. The van der Waals surface area contributed by atoms with Crippen LogP contribution in [0.2, 0.25) is 0 Å². The Kier molecular flexibility index (Phi) is 3.35. The van der Waals surface area contributed by atoms with Crippen molar-refractivity contribution in [3.8, 4) is 17.1 Å². The van der Waals surface area contributed by atoms with Gasteiger partial charge in [0, 0.05) is 22.7 Å². The predicted octanol–water partition coefficient (Wildman–Crippen LogP) is 6.30. The second-order valence-electron chi connectivity index (χ2n) is 7.18. The summed E-state index contributed by atoms with van der Waals surface area (Å²) in [5.74, 6) is 0.828. The van der Waals surface area contributed by atoms with Crippen molar-refractivity contribution < 1.29 is 4.42 Å². The molecule has 3 aromatic heterocycles. The van der Waals surface area contributed by atoms with Crippen molar-refractivity contribution >= 4 is 33.1 Å². The molecule has 6 rings (SSSR count). The lowest BCUT2D eigenvalue weighted by molar-refractivity contribution is 0.669. The van der Waals surface area contributed by atoms with Crippen LogP contribution in [0.3, 0.4) is 0 Å². The molecule has 138 valence electrons. The standard InChI is InChI=1S/C25H17N3O/c1-16-13-14-19(23-22(16)18-10-5-6-12-21(18)29-23)24-27-20-11-7-15-26-25(20)28(24)17-8-3-2-4-9-17/h2-15H,1H3. The van der Waals surface area contributed by atoms with E-state index in [1.807, 2.05) is 48.5 Å². The number of hydrogen-bond donors (Lipinski definition) is 0. The molecule has 0 spiro atoms. The van der Waals surface area contributed by atoms with E-state index in [1.54, 1.807) is 6.20 Å². The van der Waals surface area contributed by atoms with Crippen LogP contribution in [0, 0.1) is 6.92 Å². The molecule has 0 fully saturated rings. The van der Waals surface area contributed by atoms with E-state index in [-0.39, 0.29) is 0 Å². The lowest BCUT2D eigenvalue weighted by atomic mass is 10.0. The van der Waals surface area contributed by atoms with Gasteiger partial charge in [0.05, 0.1) is 5.56 Å². The maximum Gasteiger partial charge on any atom is 0.164 e. The highest BCUT2D eigenvalue weighted by atomic mass is 16.3. The minimum atomic E-state index is 0.828. The van der Waals surface area contributed by atoms with E-state index >= 15 is 0 Å². The Morgan fingerprint density at radius 3 is 2.55 bits per heavy atom. The molecule has 0 bridgehead atoms. The molecule has 4 heteroatoms. The number of rotatable bonds is 2. The lowest BCUT2D eigenvalue weighted by Gasteiger charge is -2.09. The quantitative estimate of drug-likeness (QED) is 0.357. The summed E-state index contributed by atoms with van der Waals surface area (Å²) >= 11 is 0. The van der Waals surface area contributed by atoms with Gasteiger partial charge in [0.2, 0.25) is 0 Å². The number of benzene rings is 3. The highest BCUT2D eigenvalue weighted by Gasteiger charge is 2.20. The summed E-state index contributed by atoms with van der Waals surface area (Å²) in [5.41, 5.74) is 6.61. The number of pyridine rings is 1. The molecule has 29 heavy (non-hydrogen) atoms. The SMILES string of the molecule is Cc1ccc(-c2nc3cccnc3n2-c2ccccc2)c2oc3ccccc3c12. The number of furan rings is 1. The van der Waals surface area contributed by atoms with E-state index in [9.17, 15) is 0 Å². The van der Waals surface area contributed by atoms with Crippen LogP contribution < -0.4 is 0 Å². The first-order chi connectivity index (χ1) is 14.3. The van der Waals surface area contributed by atoms with E-state index in [1.165, 1.54) is 5.56 Å². The van der Waals surface area contributed by atoms with E-state index in [0.717, 1.165) is 50.2 Å². The summed E-state index contributed by atoms with van der Waals surface area (Å²) in [6.45, 7) is 2.12. The van der Waals surface area contributed by atoms with Gasteiger partial charge in [-0.15, -0.1) is 0 Å². The fraction of sp³-hybridized carbons (Fsp3) is 0.0400. The number of para-hydroxylation sites is 2. The highest BCUT2D eigenvalue weighted by Crippen LogP contribution is 2.38. The minimum absolute atomic E-state index is 0.828. The van der Waals surface area contributed by atoms with Gasteiger partial charge in [0.1, 0.15) is 16.7 Å². The molecule has 3 heterocycles. The molecule has 0 amide bonds. The average molecular weight is 375 g/mol. The number of aromatic nitrogens is 3. The van der Waals surface area contributed by atoms with Crippen LogP contribution in [0.25, 0.3) is 50.2 Å². The third-order valence-corrected chi connectivity index (χ3v) is 5.41. The third-order valence-electron chi connectivity index (χ3n) is 5.41. The van der Waals surface area contributed by atoms with Crippen molar-refractivity contribution in [1.82, 2.24) is 14.5 Å². The number of aryl methyl sites for hydroxylation is 1. The van der Waals surface area contributed by atoms with Gasteiger partial charge < -0.3 is 4.42 Å². The molecule has 0 radical (unpaired) electrons. The Morgan fingerprint density at radius 1 is 0.828 bits per heavy atom. The van der Waals surface area contributed by atoms with Gasteiger partial charge >= 0.3 is 0 Å². The molecule has 0 aliphatic carbocycles. The number of fused-ring (bicyclic) bond motifs is 4. The van der Waals surface area contributed by atoms with Crippen molar-refractivity contribution in [2.45, 2.75) is 6.92 Å². The molecule has 0 unspecified atom stereocenters. The van der Waals surface area contributed by atoms with Crippen LogP contribution in [-0.4, -0.2) is 14.5 Å². The lowest BCUT2D eigenvalue weighted by Crippen LogP contribution is -1.98. The van der Waals surface area contributed by atoms with Crippen LogP contribution in [-0.2, 0) is 0 Å². The molecule has 0 aliphatic rings. The van der Waals surface area contributed by atoms with Crippen molar-refractivity contribution in [3.63, 3.8) is 0 Å². The summed E-state index contributed by atoms with van der Waals surface area (Å²) in [7, 11) is 0. The fourth-order valence-corrected chi connectivity index (χ4v) is 4.08. The Morgan fingerprint density at radius 2 is 1.66 bits per heavy atom. The Hall–Kier alpha value is -3.92. The average Bonchev–Trinajstić information content (AvgIpc) is 3.34. The Labute approximate surface area is 167 Å². The smallest absolute Gasteiger partial charge is 0.164 e. The van der Waals surface area contributed by atoms with Crippen molar-refractivity contribution in [3.05, 3.63) is 90.6 Å². The van der Waals surface area contributed by atoms with Crippen molar-refractivity contribution in [1.29, 1.82) is 0 Å². The molecule has 6 aromatic rings. The predicted molar refractivity (Wildman–Crippen MR) is 116 cm³/mol. The van der Waals surface area contributed by atoms with Gasteiger partial charge in [0.15, 0.2) is 11.5 Å². The van der Waals surface area contributed by atoms with Crippen LogP contribution in [0.15, 0.2) is 89.5 Å². The van der Waals surface area contributed by atoms with E-state index in [0.29, 0.717) is 0 Å². The summed E-state index contributed by atoms with van der Waals surface area (Å²) in [6.07, 6.45) is 1.80. The van der Waals surface area contributed by atoms with Crippen LogP contribution >= 0.6 is 0 Å². The Bertz CT molecular complexity index is 1510. The van der Waals surface area contributed by atoms with E-state index in [4.69, 9.17) is 9.40 Å². The van der Waals surface area contributed by atoms with Gasteiger partial charge in [-0.3, -0.25) is 4.57 Å². The van der Waals surface area contributed by atoms with Crippen LogP contribution in [0.5, 0.6) is 0 Å². The maximum absolute atomic E-state index is 6.33. The van der Waals surface area contributed by atoms with Gasteiger partial charge in [-0.05, 0) is 48.9 Å². The van der Waals surface area contributed by atoms with Gasteiger partial charge in [-0.25, -0.2) is 9.97 Å². The maximum atomic E-state index is 6.33. The summed E-state index contributed by atoms with van der Waals surface area (Å²) in [5, 5.41) is 2.26. The monoisotopic (exact) mass is 375 g/mol. The normalized spacial score (nSPS) is 11.6. The Balaban J connectivity index is 1.76. The molecule has 0 atom stereocenters. The first-order valence-electron chi connectivity index (χ1n) is 9.61. The highest BCUT2D eigenvalue weighted by molar-refractivity contribution is 6.11. The molecule has 0 saturated carbocycles. The zero-order valence-corrected chi connectivity index (χ0v) is 15.8. The zero-order valence-electron chi connectivity index (χ0n) is 15.8. The van der Waals surface area contributed by atoms with Crippen molar-refractivity contribution in [2.75, 3.05) is 0 Å². The molecule has 0 saturated heterocycles. The minimum Gasteiger partial charge on any atom is -0.455 e. The van der Waals surface area contributed by atoms with Gasteiger partial charge in [-0.2, -0.15) is 0 Å². The van der Waals surface area contributed by atoms with E-state index < -0.39 is 0 Å². The van der Waals surface area contributed by atoms with Crippen molar-refractivity contribution in [2.24, 2.45) is 0 Å². The van der Waals surface area contributed by atoms with E-state index in [2.05, 4.69) is 46.8 Å². The fourth-order valence-electron chi connectivity index (χ4n) is 4.08. The first kappa shape index (κ1) is 16.1. The molecule has 0 N–H and O–H groups in total. The topological polar surface area (TPSA) is 43.9 Å². The molecule has 0 aliphatic heterocycles. The molecule has 4 nitrogen and oxygen atoms in total. The van der Waals surface area contributed by atoms with Gasteiger partial charge in [-0.1, -0.05) is 42.5 Å². The zero-order chi connectivity index (χ0) is 19.4. The number of nitrogens with zero attached hydrogens (tertiary/aromatic N) is 3. The van der Waals surface area contributed by atoms with Crippen LogP contribution in [0.1, 0.15) is 5.56 Å². The largest absolute Gasteiger partial charge is 0.455 e. The summed E-state index contributed by atoms with van der Waals surface area (Å²) < 4.78 is 8.44. The summed E-state index contributed by atoms with van der Waals surface area (Å²) in [4.78, 5) is 9.56. The third kappa shape index (κ3) is 2.32. The summed E-state index contributed by atoms with van der Waals surface area (Å²) in [6, 6.07) is 26.5. The second-order valence-corrected chi connectivity index (χ2v) is 7.18. The number of hydrogen-bond acceptors (Lipinski definition) is 3. The van der Waals surface area contributed by atoms with Gasteiger partial charge in [0.25, 0.3) is 0 Å². The first-order valence-corrected chi connectivity index (χ1v) is 9.61. The second kappa shape index (κ2) is 6.04. The number of imidazole rings is 1. The molecular weight excluding hydrogens is 358 g/mol. The molecular formula is C25H17N3O.